The van der Waals surface area contributed by atoms with E-state index in [2.05, 4.69) is 15.5 Å². The number of benzene rings is 1. The highest BCUT2D eigenvalue weighted by atomic mass is 32.1. The number of nitrogens with zero attached hydrogens (tertiary/aromatic N) is 2. The zero-order valence-electron chi connectivity index (χ0n) is 16.6. The van der Waals surface area contributed by atoms with Crippen LogP contribution in [-0.4, -0.2) is 29.3 Å². The molecule has 8 heteroatoms. The average Bonchev–Trinajstić information content (AvgIpc) is 3.41. The van der Waals surface area contributed by atoms with Gasteiger partial charge in [-0.2, -0.15) is 11.3 Å². The van der Waals surface area contributed by atoms with Gasteiger partial charge < -0.3 is 19.2 Å². The predicted octanol–water partition coefficient (Wildman–Crippen LogP) is 4.95. The fourth-order valence-electron chi connectivity index (χ4n) is 2.54. The maximum Gasteiger partial charge on any atom is 0.248 e. The Morgan fingerprint density at radius 2 is 1.90 bits per heavy atom. The number of ether oxygens (including phenoxy) is 2. The van der Waals surface area contributed by atoms with Crippen LogP contribution in [0, 0.1) is 0 Å². The second-order valence-electron chi connectivity index (χ2n) is 6.42. The number of aryl methyl sites for hydroxylation is 1. The van der Waals surface area contributed by atoms with Crippen LogP contribution in [0.1, 0.15) is 39.0 Å². The Labute approximate surface area is 174 Å². The summed E-state index contributed by atoms with van der Waals surface area (Å²) in [5.41, 5.74) is 1.55. The Hall–Kier alpha value is -2.87. The van der Waals surface area contributed by atoms with Crippen LogP contribution in [-0.2, 0) is 11.2 Å². The van der Waals surface area contributed by atoms with Gasteiger partial charge in [0, 0.05) is 35.5 Å². The van der Waals surface area contributed by atoms with Crippen molar-refractivity contribution in [3.05, 3.63) is 40.9 Å². The van der Waals surface area contributed by atoms with Gasteiger partial charge in [0.15, 0.2) is 11.5 Å². The van der Waals surface area contributed by atoms with Crippen molar-refractivity contribution >= 4 is 22.9 Å². The molecule has 154 valence electrons. The van der Waals surface area contributed by atoms with E-state index in [9.17, 15) is 4.79 Å². The van der Waals surface area contributed by atoms with Crippen LogP contribution >= 0.6 is 11.3 Å². The summed E-state index contributed by atoms with van der Waals surface area (Å²) in [5, 5.41) is 14.8. The molecule has 3 rings (SSSR count). The van der Waals surface area contributed by atoms with Crippen LogP contribution in [0.5, 0.6) is 11.5 Å². The van der Waals surface area contributed by atoms with E-state index in [1.165, 1.54) is 0 Å². The summed E-state index contributed by atoms with van der Waals surface area (Å²) in [6, 6.07) is 7.34. The number of hydrogen-bond donors (Lipinski definition) is 1. The molecule has 2 heterocycles. The van der Waals surface area contributed by atoms with Crippen LogP contribution in [0.3, 0.4) is 0 Å². The molecule has 1 aromatic carbocycles. The number of amides is 1. The zero-order chi connectivity index (χ0) is 20.5. The third-order valence-electron chi connectivity index (χ3n) is 3.95. The Morgan fingerprint density at radius 1 is 1.10 bits per heavy atom. The van der Waals surface area contributed by atoms with E-state index in [1.54, 1.807) is 17.4 Å². The number of hydrogen-bond acceptors (Lipinski definition) is 7. The normalized spacial score (nSPS) is 10.7. The number of aromatic nitrogens is 2. The van der Waals surface area contributed by atoms with Gasteiger partial charge >= 0.3 is 0 Å². The molecule has 2 aromatic heterocycles. The Kier molecular flexibility index (Phi) is 7.63. The molecule has 1 N–H and O–H groups in total. The lowest BCUT2D eigenvalue weighted by Crippen LogP contribution is -2.12. The second kappa shape index (κ2) is 10.6. The SMILES string of the molecule is CCCOc1ccc(NC(=O)CCc2nnc(-c3ccsc3)o2)cc1OCCC. The van der Waals surface area contributed by atoms with E-state index in [0.717, 1.165) is 18.4 Å². The van der Waals surface area contributed by atoms with Crippen molar-refractivity contribution in [2.24, 2.45) is 0 Å². The molecule has 0 aliphatic carbocycles. The number of anilines is 1. The highest BCUT2D eigenvalue weighted by Crippen LogP contribution is 2.31. The van der Waals surface area contributed by atoms with Crippen LogP contribution in [0.4, 0.5) is 5.69 Å². The van der Waals surface area contributed by atoms with E-state index < -0.39 is 0 Å². The van der Waals surface area contributed by atoms with E-state index in [0.29, 0.717) is 48.6 Å². The quantitative estimate of drug-likeness (QED) is 0.477. The van der Waals surface area contributed by atoms with Gasteiger partial charge in [-0.15, -0.1) is 10.2 Å². The maximum absolute atomic E-state index is 12.3. The fourth-order valence-corrected chi connectivity index (χ4v) is 3.17. The number of carbonyl (C=O) groups is 1. The standard InChI is InChI=1S/C21H25N3O4S/c1-3-10-26-17-6-5-16(13-18(17)27-11-4-2)22-19(25)7-8-20-23-24-21(28-20)15-9-12-29-14-15/h5-6,9,12-14H,3-4,7-8,10-11H2,1-2H3,(H,22,25). The minimum Gasteiger partial charge on any atom is -0.490 e. The smallest absolute Gasteiger partial charge is 0.248 e. The van der Waals surface area contributed by atoms with Crippen molar-refractivity contribution in [1.29, 1.82) is 0 Å². The molecule has 7 nitrogen and oxygen atoms in total. The van der Waals surface area contributed by atoms with Crippen molar-refractivity contribution in [2.45, 2.75) is 39.5 Å². The van der Waals surface area contributed by atoms with Gasteiger partial charge in [0.2, 0.25) is 17.7 Å². The molecule has 0 saturated heterocycles. The van der Waals surface area contributed by atoms with Crippen LogP contribution in [0.25, 0.3) is 11.5 Å². The Balaban J connectivity index is 1.56. The van der Waals surface area contributed by atoms with Crippen LogP contribution in [0.2, 0.25) is 0 Å². The maximum atomic E-state index is 12.3. The summed E-state index contributed by atoms with van der Waals surface area (Å²) in [4.78, 5) is 12.3. The Morgan fingerprint density at radius 3 is 2.62 bits per heavy atom. The summed E-state index contributed by atoms with van der Waals surface area (Å²) in [7, 11) is 0. The molecule has 1 amide bonds. The lowest BCUT2D eigenvalue weighted by Gasteiger charge is -2.14. The number of carbonyl (C=O) groups excluding carboxylic acids is 1. The molecular weight excluding hydrogens is 390 g/mol. The first kappa shape index (κ1) is 20.9. The second-order valence-corrected chi connectivity index (χ2v) is 7.20. The van der Waals surface area contributed by atoms with Crippen molar-refractivity contribution in [2.75, 3.05) is 18.5 Å². The van der Waals surface area contributed by atoms with Gasteiger partial charge in [0.1, 0.15) is 0 Å². The average molecular weight is 416 g/mol. The van der Waals surface area contributed by atoms with Gasteiger partial charge in [-0.05, 0) is 36.4 Å². The van der Waals surface area contributed by atoms with E-state index in [4.69, 9.17) is 13.9 Å². The molecule has 0 fully saturated rings. The molecule has 0 saturated carbocycles. The molecule has 0 radical (unpaired) electrons. The van der Waals surface area contributed by atoms with Crippen LogP contribution < -0.4 is 14.8 Å². The summed E-state index contributed by atoms with van der Waals surface area (Å²) >= 11 is 1.56. The molecule has 0 spiro atoms. The minimum atomic E-state index is -0.135. The van der Waals surface area contributed by atoms with Crippen molar-refractivity contribution in [1.82, 2.24) is 10.2 Å². The van der Waals surface area contributed by atoms with Crippen molar-refractivity contribution in [3.63, 3.8) is 0 Å². The summed E-state index contributed by atoms with van der Waals surface area (Å²) in [6.45, 7) is 5.29. The first-order valence-electron chi connectivity index (χ1n) is 9.74. The van der Waals surface area contributed by atoms with Crippen LogP contribution in [0.15, 0.2) is 39.4 Å². The molecule has 0 unspecified atom stereocenters. The molecule has 0 aliphatic heterocycles. The first-order valence-corrected chi connectivity index (χ1v) is 10.7. The van der Waals surface area contributed by atoms with Crippen molar-refractivity contribution in [3.8, 4) is 23.0 Å². The Bertz CT molecular complexity index is 909. The van der Waals surface area contributed by atoms with E-state index in [-0.39, 0.29) is 12.3 Å². The lowest BCUT2D eigenvalue weighted by atomic mass is 10.2. The molecule has 0 bridgehead atoms. The lowest BCUT2D eigenvalue weighted by molar-refractivity contribution is -0.116. The highest BCUT2D eigenvalue weighted by Gasteiger charge is 2.12. The number of nitrogens with one attached hydrogen (secondary N) is 1. The van der Waals surface area contributed by atoms with E-state index in [1.807, 2.05) is 42.8 Å². The molecule has 0 aliphatic rings. The topological polar surface area (TPSA) is 86.5 Å². The fraction of sp³-hybridized carbons (Fsp3) is 0.381. The summed E-state index contributed by atoms with van der Waals surface area (Å²) in [6.07, 6.45) is 2.42. The summed E-state index contributed by atoms with van der Waals surface area (Å²) < 4.78 is 17.1. The van der Waals surface area contributed by atoms with Gasteiger partial charge in [-0.1, -0.05) is 13.8 Å². The third kappa shape index (κ3) is 6.05. The van der Waals surface area contributed by atoms with Gasteiger partial charge in [-0.3, -0.25) is 4.79 Å². The largest absolute Gasteiger partial charge is 0.490 e. The highest BCUT2D eigenvalue weighted by molar-refractivity contribution is 7.08. The molecule has 3 aromatic rings. The minimum absolute atomic E-state index is 0.135. The van der Waals surface area contributed by atoms with Gasteiger partial charge in [0.05, 0.1) is 13.2 Å². The first-order chi connectivity index (χ1) is 14.2. The van der Waals surface area contributed by atoms with E-state index >= 15 is 0 Å². The molecule has 0 atom stereocenters. The predicted molar refractivity (Wildman–Crippen MR) is 113 cm³/mol. The molecule has 29 heavy (non-hydrogen) atoms. The number of rotatable bonds is 11. The third-order valence-corrected chi connectivity index (χ3v) is 4.63. The van der Waals surface area contributed by atoms with Crippen molar-refractivity contribution < 1.29 is 18.7 Å². The van der Waals surface area contributed by atoms with Gasteiger partial charge in [-0.25, -0.2) is 0 Å². The zero-order valence-corrected chi connectivity index (χ0v) is 17.5. The monoisotopic (exact) mass is 415 g/mol. The summed E-state index contributed by atoms with van der Waals surface area (Å²) in [5.74, 6) is 2.10. The number of thiophene rings is 1. The molecular formula is C21H25N3O4S. The van der Waals surface area contributed by atoms with Gasteiger partial charge in [0.25, 0.3) is 0 Å².